The van der Waals surface area contributed by atoms with E-state index in [9.17, 15) is 5.11 Å². The van der Waals surface area contributed by atoms with E-state index in [1.807, 2.05) is 18.7 Å². The van der Waals surface area contributed by atoms with Gasteiger partial charge in [-0.3, -0.25) is 0 Å². The summed E-state index contributed by atoms with van der Waals surface area (Å²) in [6.45, 7) is 11.2. The highest BCUT2D eigenvalue weighted by atomic mass is 32.2. The van der Waals surface area contributed by atoms with E-state index in [0.29, 0.717) is 0 Å². The molecule has 2 aromatic carbocycles. The molecule has 1 aliphatic rings. The average molecular weight is 469 g/mol. The minimum Gasteiger partial charge on any atom is -0.404 e. The molecule has 2 atom stereocenters. The maximum atomic E-state index is 11.1. The molecular formula is C28H40O2SSi. The van der Waals surface area contributed by atoms with E-state index in [1.54, 1.807) is 0 Å². The Kier molecular flexibility index (Phi) is 8.48. The molecule has 0 spiro atoms. The second kappa shape index (κ2) is 10.7. The lowest BCUT2D eigenvalue weighted by atomic mass is 9.81. The van der Waals surface area contributed by atoms with E-state index in [1.165, 1.54) is 23.2 Å². The van der Waals surface area contributed by atoms with Crippen molar-refractivity contribution in [2.45, 2.75) is 83.5 Å². The number of benzene rings is 2. The second-order valence-electron chi connectivity index (χ2n) is 10.3. The van der Waals surface area contributed by atoms with Crippen LogP contribution in [0.25, 0.3) is 0 Å². The molecule has 4 heteroatoms. The fourth-order valence-electron chi connectivity index (χ4n) is 4.77. The molecule has 1 fully saturated rings. The molecule has 32 heavy (non-hydrogen) atoms. The molecular weight excluding hydrogens is 428 g/mol. The van der Waals surface area contributed by atoms with Crippen molar-refractivity contribution in [3.05, 3.63) is 71.6 Å². The molecule has 0 heterocycles. The van der Waals surface area contributed by atoms with Crippen LogP contribution in [0.4, 0.5) is 0 Å². The van der Waals surface area contributed by atoms with Gasteiger partial charge in [0.2, 0.25) is 0 Å². The normalized spacial score (nSPS) is 23.4. The molecule has 0 aromatic heterocycles. The second-order valence-corrected chi connectivity index (χ2v) is 15.5. The Bertz CT molecular complexity index is 832. The van der Waals surface area contributed by atoms with E-state index >= 15 is 0 Å². The van der Waals surface area contributed by atoms with Gasteiger partial charge in [0.25, 0.3) is 8.32 Å². The number of rotatable bonds is 8. The highest BCUT2D eigenvalue weighted by molar-refractivity contribution is 8.02. The maximum absolute atomic E-state index is 11.1. The number of aliphatic hydroxyl groups is 1. The van der Waals surface area contributed by atoms with Gasteiger partial charge < -0.3 is 9.53 Å². The summed E-state index contributed by atoms with van der Waals surface area (Å²) in [6.07, 6.45) is 4.95. The molecule has 0 aliphatic heterocycles. The van der Waals surface area contributed by atoms with Crippen molar-refractivity contribution in [2.75, 3.05) is 5.75 Å². The summed E-state index contributed by atoms with van der Waals surface area (Å²) in [5, 5.41) is 15.9. The third kappa shape index (κ3) is 5.59. The molecule has 2 unspecified atom stereocenters. The Labute approximate surface area is 200 Å². The predicted molar refractivity (Wildman–Crippen MR) is 142 cm³/mol. The van der Waals surface area contributed by atoms with Crippen molar-refractivity contribution in [3.63, 3.8) is 0 Å². The molecule has 0 bridgehead atoms. The van der Waals surface area contributed by atoms with Crippen LogP contribution in [0.1, 0.15) is 66.7 Å². The van der Waals surface area contributed by atoms with Crippen molar-refractivity contribution < 1.29 is 9.53 Å². The summed E-state index contributed by atoms with van der Waals surface area (Å²) < 4.78 is 7.34. The number of hydrogen-bond acceptors (Lipinski definition) is 3. The first-order valence-electron chi connectivity index (χ1n) is 12.0. The highest BCUT2D eigenvalue weighted by Crippen LogP contribution is 2.42. The van der Waals surface area contributed by atoms with Gasteiger partial charge in [0.05, 0.1) is 5.60 Å². The van der Waals surface area contributed by atoms with Crippen molar-refractivity contribution in [1.82, 2.24) is 0 Å². The largest absolute Gasteiger partial charge is 0.404 e. The van der Waals surface area contributed by atoms with Gasteiger partial charge in [0.15, 0.2) is 0 Å². The monoisotopic (exact) mass is 468 g/mol. The lowest BCUT2D eigenvalue weighted by Gasteiger charge is -2.47. The summed E-state index contributed by atoms with van der Waals surface area (Å²) in [7, 11) is -2.57. The van der Waals surface area contributed by atoms with Crippen molar-refractivity contribution in [3.8, 4) is 0 Å². The topological polar surface area (TPSA) is 29.5 Å². The molecule has 1 N–H and O–H groups in total. The summed E-state index contributed by atoms with van der Waals surface area (Å²) in [6, 6.07) is 21.7. The van der Waals surface area contributed by atoms with Gasteiger partial charge in [0.1, 0.15) is 0 Å². The smallest absolute Gasteiger partial charge is 0.261 e. The van der Waals surface area contributed by atoms with E-state index in [2.05, 4.69) is 93.8 Å². The van der Waals surface area contributed by atoms with Crippen LogP contribution in [0.2, 0.25) is 5.04 Å². The van der Waals surface area contributed by atoms with Crippen LogP contribution in [-0.2, 0) is 4.43 Å². The molecule has 1 saturated carbocycles. The zero-order chi connectivity index (χ0) is 23.2. The zero-order valence-electron chi connectivity index (χ0n) is 20.4. The molecule has 0 saturated heterocycles. The third-order valence-corrected chi connectivity index (χ3v) is 12.8. The maximum Gasteiger partial charge on any atom is 0.261 e. The predicted octanol–water partition coefficient (Wildman–Crippen LogP) is 6.28. The molecule has 0 radical (unpaired) electrons. The summed E-state index contributed by atoms with van der Waals surface area (Å²) in [4.78, 5) is 0. The molecule has 1 aliphatic carbocycles. The van der Waals surface area contributed by atoms with Crippen LogP contribution < -0.4 is 10.4 Å². The number of hydrogen-bond donors (Lipinski definition) is 1. The minimum absolute atomic E-state index is 0.0323. The van der Waals surface area contributed by atoms with Crippen molar-refractivity contribution in [1.29, 1.82) is 0 Å². The quantitative estimate of drug-likeness (QED) is 0.365. The summed E-state index contributed by atoms with van der Waals surface area (Å²) >= 11 is 1.84. The Morgan fingerprint density at radius 2 is 1.62 bits per heavy atom. The Balaban J connectivity index is 1.98. The van der Waals surface area contributed by atoms with Crippen LogP contribution in [0.5, 0.6) is 0 Å². The molecule has 0 amide bonds. The van der Waals surface area contributed by atoms with Gasteiger partial charge in [-0.15, -0.1) is 11.8 Å². The van der Waals surface area contributed by atoms with Crippen LogP contribution >= 0.6 is 11.8 Å². The number of thioether (sulfide) groups is 1. The van der Waals surface area contributed by atoms with E-state index in [0.717, 1.165) is 30.6 Å². The van der Waals surface area contributed by atoms with Gasteiger partial charge >= 0.3 is 0 Å². The number of unbranched alkanes of at least 4 members (excludes halogenated alkanes) is 1. The lowest BCUT2D eigenvalue weighted by molar-refractivity contribution is 0.0335. The third-order valence-electron chi connectivity index (χ3n) is 6.69. The average Bonchev–Trinajstić information content (AvgIpc) is 2.77. The Morgan fingerprint density at radius 3 is 2.12 bits per heavy atom. The Morgan fingerprint density at radius 1 is 1.06 bits per heavy atom. The lowest BCUT2D eigenvalue weighted by Crippen LogP contribution is -2.68. The summed E-state index contributed by atoms with van der Waals surface area (Å²) in [5.41, 5.74) is 0.401. The fourth-order valence-corrected chi connectivity index (χ4v) is 10.6. The molecule has 174 valence electrons. The van der Waals surface area contributed by atoms with Gasteiger partial charge in [0, 0.05) is 6.10 Å². The van der Waals surface area contributed by atoms with Gasteiger partial charge in [-0.1, -0.05) is 94.8 Å². The van der Waals surface area contributed by atoms with Crippen LogP contribution in [-0.4, -0.2) is 30.9 Å². The SMILES string of the molecule is CCCCS/C=C1\CC(O[Si](c2ccccc2)(c2ccccc2)C(C)(C)C)CCC1(C)O. The van der Waals surface area contributed by atoms with Gasteiger partial charge in [-0.2, -0.15) is 0 Å². The first-order chi connectivity index (χ1) is 15.2. The van der Waals surface area contributed by atoms with Crippen molar-refractivity contribution in [2.24, 2.45) is 0 Å². The van der Waals surface area contributed by atoms with Crippen LogP contribution in [0, 0.1) is 0 Å². The summed E-state index contributed by atoms with van der Waals surface area (Å²) in [5.74, 6) is 1.11. The first kappa shape index (κ1) is 25.3. The molecule has 3 rings (SSSR count). The fraction of sp³-hybridized carbons (Fsp3) is 0.500. The minimum atomic E-state index is -2.57. The van der Waals surface area contributed by atoms with Gasteiger partial charge in [-0.25, -0.2) is 0 Å². The van der Waals surface area contributed by atoms with Crippen LogP contribution in [0.15, 0.2) is 71.6 Å². The molecule has 2 nitrogen and oxygen atoms in total. The van der Waals surface area contributed by atoms with E-state index in [-0.39, 0.29) is 11.1 Å². The van der Waals surface area contributed by atoms with E-state index in [4.69, 9.17) is 4.43 Å². The van der Waals surface area contributed by atoms with Gasteiger partial charge in [-0.05, 0) is 64.8 Å². The van der Waals surface area contributed by atoms with Crippen LogP contribution in [0.3, 0.4) is 0 Å². The van der Waals surface area contributed by atoms with E-state index < -0.39 is 13.9 Å². The molecule has 2 aromatic rings. The Hall–Kier alpha value is -1.33. The standard InChI is InChI=1S/C28H40O2SSi/c1-6-7-20-31-22-23-21-24(18-19-28(23,5)29)30-32(27(2,3)4,25-14-10-8-11-15-25)26-16-12-9-13-17-26/h8-17,22,24,29H,6-7,18-21H2,1-5H3/b23-22+. The highest BCUT2D eigenvalue weighted by Gasteiger charge is 2.52. The van der Waals surface area contributed by atoms with Crippen molar-refractivity contribution >= 4 is 30.5 Å². The first-order valence-corrected chi connectivity index (χ1v) is 15.0. The zero-order valence-corrected chi connectivity index (χ0v) is 22.3.